The fourth-order valence-electron chi connectivity index (χ4n) is 12.8. The van der Waals surface area contributed by atoms with E-state index in [0.717, 1.165) is 120 Å². The maximum atomic E-state index is 12.8. The number of benzene rings is 6. The first kappa shape index (κ1) is 67.4. The number of fused-ring (bicyclic) bond motifs is 4. The summed E-state index contributed by atoms with van der Waals surface area (Å²) in [6.07, 6.45) is 23.2. The molecule has 14 rings (SSSR count). The van der Waals surface area contributed by atoms with Crippen LogP contribution in [0, 0.1) is 67.2 Å². The molecule has 0 saturated carbocycles. The Bertz CT molecular complexity index is 4190. The maximum Gasteiger partial charge on any atom is 0.189 e. The third kappa shape index (κ3) is 17.1. The van der Waals surface area contributed by atoms with Crippen molar-refractivity contribution in [1.29, 1.82) is 0 Å². The van der Waals surface area contributed by atoms with Crippen LogP contribution >= 0.6 is 0 Å². The van der Waals surface area contributed by atoms with Gasteiger partial charge in [-0.15, -0.1) is 0 Å². The number of pyridine rings is 3. The lowest BCUT2D eigenvalue weighted by Crippen LogP contribution is -3.00. The van der Waals surface area contributed by atoms with E-state index in [4.69, 9.17) is 0 Å². The Hall–Kier alpha value is -8.96. The Balaban J connectivity index is 0.000000142. The molecule has 1 fully saturated rings. The van der Waals surface area contributed by atoms with Crippen molar-refractivity contribution in [2.75, 3.05) is 13.1 Å². The molecule has 5 aliphatic rings. The molecule has 0 spiro atoms. The van der Waals surface area contributed by atoms with E-state index >= 15 is 0 Å². The molecule has 1 aliphatic heterocycles. The van der Waals surface area contributed by atoms with Crippen LogP contribution in [-0.4, -0.2) is 57.4 Å². The number of aryl methyl sites for hydroxylation is 9. The summed E-state index contributed by atoms with van der Waals surface area (Å²) in [5.74, 6) is 1.96. The molecule has 0 bridgehead atoms. The van der Waals surface area contributed by atoms with E-state index in [-0.39, 0.29) is 34.5 Å². The van der Waals surface area contributed by atoms with E-state index in [9.17, 15) is 24.0 Å². The first-order valence-electron chi connectivity index (χ1n) is 32.0. The number of carbonyl (C=O) groups is 5. The molecule has 4 heterocycles. The summed E-state index contributed by atoms with van der Waals surface area (Å²) in [5, 5.41) is 0. The van der Waals surface area contributed by atoms with Crippen molar-refractivity contribution in [3.05, 3.63) is 311 Å². The minimum absolute atomic E-state index is 0. The fraction of sp³-hybridized carbons (Fsp3) is 0.268. The van der Waals surface area contributed by atoms with Gasteiger partial charge in [0, 0.05) is 113 Å². The quantitative estimate of drug-likeness (QED) is 0.0797. The number of Topliss-reactive ketones (excluding diaryl/α,β-unsaturated/α-hetero) is 4. The summed E-state index contributed by atoms with van der Waals surface area (Å²) in [4.78, 5) is 69.5. The van der Waals surface area contributed by atoms with Crippen molar-refractivity contribution < 1.29 is 45.5 Å². The average molecular weight is 1280 g/mol. The molecule has 92 heavy (non-hydrogen) atoms. The van der Waals surface area contributed by atoms with Crippen LogP contribution in [0.2, 0.25) is 0 Å². The van der Waals surface area contributed by atoms with Gasteiger partial charge >= 0.3 is 0 Å². The molecular weight excluding hydrogens is 1200 g/mol. The number of allylic oxidation sites excluding steroid dienone is 2. The monoisotopic (exact) mass is 1280 g/mol. The van der Waals surface area contributed by atoms with Gasteiger partial charge in [-0.1, -0.05) is 84.9 Å². The van der Waals surface area contributed by atoms with Crippen LogP contribution in [0.4, 0.5) is 0 Å². The van der Waals surface area contributed by atoms with Gasteiger partial charge in [-0.3, -0.25) is 38.8 Å². The van der Waals surface area contributed by atoms with Crippen LogP contribution in [0.1, 0.15) is 166 Å². The molecule has 9 nitrogen and oxygen atoms in total. The lowest BCUT2D eigenvalue weighted by Gasteiger charge is -2.33. The number of nitrogens with zero attached hydrogens (tertiary/aromatic N) is 4. The molecule has 10 heteroatoms. The Morgan fingerprint density at radius 2 is 0.913 bits per heavy atom. The van der Waals surface area contributed by atoms with Crippen molar-refractivity contribution in [2.24, 2.45) is 11.8 Å². The predicted octanol–water partition coefficient (Wildman–Crippen LogP) is 13.3. The highest BCUT2D eigenvalue weighted by molar-refractivity contribution is 6.16. The van der Waals surface area contributed by atoms with Crippen LogP contribution in [0.3, 0.4) is 0 Å². The molecule has 4 aliphatic carbocycles. The number of likely N-dealkylation sites (tertiary alicyclic amines) is 1. The molecule has 468 valence electrons. The van der Waals surface area contributed by atoms with E-state index in [1.807, 2.05) is 55.5 Å². The lowest BCUT2D eigenvalue weighted by atomic mass is 9.85. The number of carbonyl (C=O) groups excluding carboxylic acids is 5. The zero-order valence-electron chi connectivity index (χ0n) is 54.4. The number of aromatic nitrogens is 3. The minimum Gasteiger partial charge on any atom is -1.00 e. The number of ketones is 4. The zero-order chi connectivity index (χ0) is 64.1. The van der Waals surface area contributed by atoms with Crippen molar-refractivity contribution in [3.8, 4) is 0 Å². The largest absolute Gasteiger partial charge is 1.00 e. The molecule has 0 N–H and O–H groups in total. The Kier molecular flexibility index (Phi) is 23.0. The van der Waals surface area contributed by atoms with Gasteiger partial charge in [-0.2, -0.15) is 0 Å². The summed E-state index contributed by atoms with van der Waals surface area (Å²) in [5.41, 5.74) is 25.6. The third-order valence-corrected chi connectivity index (χ3v) is 18.7. The summed E-state index contributed by atoms with van der Waals surface area (Å²) >= 11 is 0. The van der Waals surface area contributed by atoms with Crippen molar-refractivity contribution in [1.82, 2.24) is 14.9 Å². The van der Waals surface area contributed by atoms with Crippen molar-refractivity contribution in [3.63, 3.8) is 0 Å². The highest BCUT2D eigenvalue weighted by Gasteiger charge is 2.34. The van der Waals surface area contributed by atoms with E-state index in [1.165, 1.54) is 79.6 Å². The summed E-state index contributed by atoms with van der Waals surface area (Å²) < 4.78 is 2.15. The number of rotatable bonds is 9. The number of hydrogen-bond acceptors (Lipinski definition) is 8. The van der Waals surface area contributed by atoms with E-state index in [1.54, 1.807) is 36.9 Å². The molecule has 3 aromatic heterocycles. The summed E-state index contributed by atoms with van der Waals surface area (Å²) in [6.45, 7) is 20.9. The first-order valence-corrected chi connectivity index (χ1v) is 32.0. The highest BCUT2D eigenvalue weighted by Crippen LogP contribution is 2.36. The second-order valence-electron chi connectivity index (χ2n) is 25.3. The van der Waals surface area contributed by atoms with Crippen molar-refractivity contribution >= 4 is 41.6 Å². The van der Waals surface area contributed by atoms with Gasteiger partial charge in [-0.05, 0) is 251 Å². The maximum absolute atomic E-state index is 12.8. The SMILES string of the molecule is Cc1cc2c(cc1C)C(=O)/C(=C/c1cc[n+](Cc3ccccc3)cc1)C2.Cc1cc2c(cc1C)C(=O)/C(=C/c1ccncc1)C2.Cc1cc2c(cc1C)C(=O)C(CC1CCN(Cc3ccccc3)CC1)C2.Cc1cc2c(cc1C)C(=O)CC2.O=Cc1ccncc1.[Br-]. The van der Waals surface area contributed by atoms with Crippen LogP contribution < -0.4 is 21.5 Å². The first-order chi connectivity index (χ1) is 44.0. The molecule has 6 aromatic carbocycles. The zero-order valence-corrected chi connectivity index (χ0v) is 56.0. The Morgan fingerprint density at radius 3 is 1.41 bits per heavy atom. The van der Waals surface area contributed by atoms with E-state index < -0.39 is 0 Å². The molecule has 1 unspecified atom stereocenters. The fourth-order valence-corrected chi connectivity index (χ4v) is 12.8. The number of hydrogen-bond donors (Lipinski definition) is 0. The number of halogens is 1. The molecule has 1 atom stereocenters. The molecule has 0 radical (unpaired) electrons. The number of piperidine rings is 1. The molecule has 1 saturated heterocycles. The molecular formula is C82H83BrN4O5. The number of aldehydes is 1. The third-order valence-electron chi connectivity index (χ3n) is 18.7. The normalized spacial score (nSPS) is 16.1. The lowest BCUT2D eigenvalue weighted by molar-refractivity contribution is -0.688. The minimum atomic E-state index is 0. The second-order valence-corrected chi connectivity index (χ2v) is 25.3. The summed E-state index contributed by atoms with van der Waals surface area (Å²) in [6, 6.07) is 49.3. The second kappa shape index (κ2) is 31.4. The van der Waals surface area contributed by atoms with Crippen LogP contribution in [0.5, 0.6) is 0 Å². The van der Waals surface area contributed by atoms with E-state index in [2.05, 4.69) is 177 Å². The Morgan fingerprint density at radius 1 is 0.478 bits per heavy atom. The predicted molar refractivity (Wildman–Crippen MR) is 365 cm³/mol. The van der Waals surface area contributed by atoms with Gasteiger partial charge in [0.2, 0.25) is 0 Å². The van der Waals surface area contributed by atoms with Gasteiger partial charge in [0.05, 0.1) is 0 Å². The van der Waals surface area contributed by atoms with Crippen molar-refractivity contribution in [2.45, 2.75) is 120 Å². The van der Waals surface area contributed by atoms with Gasteiger partial charge in [0.15, 0.2) is 42.1 Å². The van der Waals surface area contributed by atoms with Crippen LogP contribution in [0.15, 0.2) is 194 Å². The molecule has 0 amide bonds. The van der Waals surface area contributed by atoms with Gasteiger partial charge in [0.25, 0.3) is 0 Å². The standard InChI is InChI=1S/C24H29NO.C24H22NO.C17H15NO.C11H12O.C6H5NO.BrH/c2*1-17-12-21-15-22(24(26)23(21)13-18(17)2)14-19-8-10-25(11-9-19)16-20-6-4-3-5-7-20;1-11-7-14-10-15(9-13-3-5-18-6-4-13)17(19)16(14)8-12(11)2;1-7-5-9-3-4-11(12)10(9)6-8(7)2;8-5-6-1-3-7-4-2-6;/h3-7,12-13,19,22H,8-11,14-16H2,1-2H3;3-14H,15-16H2,1-2H3;3-9H,10H2,1-2H3;5-6H,3-4H2,1-2H3;1-5H;1H/q;+1;;;;/p-1/b;22-14+;15-9+;;;. The van der Waals surface area contributed by atoms with Gasteiger partial charge < -0.3 is 17.0 Å². The smallest absolute Gasteiger partial charge is 0.189 e. The highest BCUT2D eigenvalue weighted by atomic mass is 79.9. The summed E-state index contributed by atoms with van der Waals surface area (Å²) in [7, 11) is 0. The topological polar surface area (TPSA) is 118 Å². The average Bonchev–Trinajstić information content (AvgIpc) is 1.69. The van der Waals surface area contributed by atoms with Gasteiger partial charge in [0.1, 0.15) is 6.29 Å². The van der Waals surface area contributed by atoms with Crippen LogP contribution in [-0.2, 0) is 38.8 Å². The van der Waals surface area contributed by atoms with Crippen LogP contribution in [0.25, 0.3) is 12.2 Å². The molecule has 9 aromatic rings. The Labute approximate surface area is 554 Å². The van der Waals surface area contributed by atoms with Gasteiger partial charge in [-0.25, -0.2) is 4.57 Å². The van der Waals surface area contributed by atoms with E-state index in [0.29, 0.717) is 29.5 Å².